The summed E-state index contributed by atoms with van der Waals surface area (Å²) in [6.45, 7) is 2.02. The monoisotopic (exact) mass is 251 g/mol. The summed E-state index contributed by atoms with van der Waals surface area (Å²) in [7, 11) is 0. The minimum atomic E-state index is -0.146. The fraction of sp³-hybridized carbons (Fsp3) is 0.455. The third kappa shape index (κ3) is 1.88. The molecule has 5 nitrogen and oxygen atoms in total. The van der Waals surface area contributed by atoms with Crippen LogP contribution in [-0.4, -0.2) is 41.4 Å². The minimum absolute atomic E-state index is 0.137. The average Bonchev–Trinajstić information content (AvgIpc) is 2.77. The second kappa shape index (κ2) is 4.21. The van der Waals surface area contributed by atoms with Gasteiger partial charge < -0.3 is 15.2 Å². The number of aromatic nitrogens is 2. The van der Waals surface area contributed by atoms with E-state index in [4.69, 9.17) is 4.74 Å². The zero-order chi connectivity index (χ0) is 11.7. The van der Waals surface area contributed by atoms with Gasteiger partial charge in [-0.05, 0) is 11.4 Å². The molecular formula is C11H13N3O2S. The van der Waals surface area contributed by atoms with Gasteiger partial charge in [0.1, 0.15) is 17.0 Å². The molecule has 17 heavy (non-hydrogen) atoms. The normalized spacial score (nSPS) is 17.9. The van der Waals surface area contributed by atoms with Crippen LogP contribution in [0.1, 0.15) is 0 Å². The van der Waals surface area contributed by atoms with Gasteiger partial charge in [-0.15, -0.1) is 11.3 Å². The second-order valence-electron chi connectivity index (χ2n) is 4.37. The van der Waals surface area contributed by atoms with Crippen molar-refractivity contribution in [2.75, 3.05) is 31.7 Å². The predicted octanol–water partition coefficient (Wildman–Crippen LogP) is 1.11. The van der Waals surface area contributed by atoms with Crippen molar-refractivity contribution in [2.24, 2.45) is 5.41 Å². The van der Waals surface area contributed by atoms with Gasteiger partial charge in [-0.1, -0.05) is 0 Å². The number of hydrogen-bond donors (Lipinski definition) is 2. The van der Waals surface area contributed by atoms with Crippen molar-refractivity contribution in [1.82, 2.24) is 9.97 Å². The first-order valence-electron chi connectivity index (χ1n) is 5.44. The Morgan fingerprint density at radius 3 is 3.06 bits per heavy atom. The van der Waals surface area contributed by atoms with Crippen molar-refractivity contribution in [3.8, 4) is 0 Å². The zero-order valence-electron chi connectivity index (χ0n) is 9.22. The van der Waals surface area contributed by atoms with E-state index in [9.17, 15) is 5.11 Å². The lowest BCUT2D eigenvalue weighted by Crippen LogP contribution is -2.50. The molecule has 0 aromatic carbocycles. The first-order chi connectivity index (χ1) is 8.33. The molecule has 0 spiro atoms. The Hall–Kier alpha value is -1.24. The summed E-state index contributed by atoms with van der Waals surface area (Å²) < 4.78 is 5.16. The van der Waals surface area contributed by atoms with E-state index in [1.165, 1.54) is 0 Å². The van der Waals surface area contributed by atoms with Crippen molar-refractivity contribution in [3.05, 3.63) is 17.8 Å². The highest BCUT2D eigenvalue weighted by Crippen LogP contribution is 2.29. The number of aliphatic hydroxyl groups is 1. The molecule has 6 heteroatoms. The number of anilines is 1. The van der Waals surface area contributed by atoms with E-state index in [1.807, 2.05) is 11.4 Å². The molecule has 0 radical (unpaired) electrons. The second-order valence-corrected chi connectivity index (χ2v) is 5.26. The number of aliphatic hydroxyl groups excluding tert-OH is 1. The first kappa shape index (κ1) is 10.9. The van der Waals surface area contributed by atoms with Gasteiger partial charge in [-0.2, -0.15) is 0 Å². The lowest BCUT2D eigenvalue weighted by Gasteiger charge is -2.39. The molecule has 1 fully saturated rings. The number of fused-ring (bicyclic) bond motifs is 1. The zero-order valence-corrected chi connectivity index (χ0v) is 10.0. The summed E-state index contributed by atoms with van der Waals surface area (Å²) in [5.74, 6) is 0.830. The molecule has 2 aromatic rings. The molecule has 0 bridgehead atoms. The van der Waals surface area contributed by atoms with Gasteiger partial charge in [-0.25, -0.2) is 9.97 Å². The van der Waals surface area contributed by atoms with Crippen molar-refractivity contribution in [3.63, 3.8) is 0 Å². The molecule has 1 aliphatic rings. The average molecular weight is 251 g/mol. The van der Waals surface area contributed by atoms with E-state index in [0.717, 1.165) is 16.0 Å². The number of thiophene rings is 1. The van der Waals surface area contributed by atoms with Crippen LogP contribution >= 0.6 is 11.3 Å². The van der Waals surface area contributed by atoms with Gasteiger partial charge in [0.05, 0.1) is 30.6 Å². The van der Waals surface area contributed by atoms with Gasteiger partial charge in [0.15, 0.2) is 0 Å². The maximum atomic E-state index is 9.34. The summed E-state index contributed by atoms with van der Waals surface area (Å²) in [5.41, 5.74) is -0.146. The Morgan fingerprint density at radius 1 is 1.47 bits per heavy atom. The number of nitrogens with one attached hydrogen (secondary N) is 1. The van der Waals surface area contributed by atoms with Crippen LogP contribution < -0.4 is 5.32 Å². The third-order valence-corrected chi connectivity index (χ3v) is 3.87. The Bertz CT molecular complexity index is 519. The molecule has 0 saturated carbocycles. The Labute approximate surface area is 102 Å². The summed E-state index contributed by atoms with van der Waals surface area (Å²) in [6, 6.07) is 2.01. The van der Waals surface area contributed by atoms with Crippen molar-refractivity contribution >= 4 is 27.4 Å². The fourth-order valence-electron chi connectivity index (χ4n) is 1.84. The van der Waals surface area contributed by atoms with E-state index in [0.29, 0.717) is 19.8 Å². The highest BCUT2D eigenvalue weighted by atomic mass is 32.1. The van der Waals surface area contributed by atoms with Crippen LogP contribution in [0.25, 0.3) is 10.2 Å². The molecule has 0 aliphatic carbocycles. The van der Waals surface area contributed by atoms with Crippen LogP contribution in [0.4, 0.5) is 5.82 Å². The molecule has 90 valence electrons. The van der Waals surface area contributed by atoms with E-state index in [1.54, 1.807) is 17.7 Å². The molecule has 0 unspecified atom stereocenters. The fourth-order valence-corrected chi connectivity index (χ4v) is 2.57. The summed E-state index contributed by atoms with van der Waals surface area (Å²) in [4.78, 5) is 9.41. The lowest BCUT2D eigenvalue weighted by atomic mass is 9.87. The van der Waals surface area contributed by atoms with Crippen LogP contribution in [0.15, 0.2) is 17.8 Å². The van der Waals surface area contributed by atoms with Crippen LogP contribution in [0.5, 0.6) is 0 Å². The molecule has 0 amide bonds. The Kier molecular flexibility index (Phi) is 2.70. The predicted molar refractivity (Wildman–Crippen MR) is 66.2 cm³/mol. The molecule has 2 N–H and O–H groups in total. The number of ether oxygens (including phenoxy) is 1. The van der Waals surface area contributed by atoms with E-state index >= 15 is 0 Å². The number of nitrogens with zero attached hydrogens (tertiary/aromatic N) is 2. The van der Waals surface area contributed by atoms with Crippen LogP contribution in [-0.2, 0) is 4.74 Å². The van der Waals surface area contributed by atoms with Gasteiger partial charge in [0, 0.05) is 6.54 Å². The Morgan fingerprint density at radius 2 is 2.35 bits per heavy atom. The smallest absolute Gasteiger partial charge is 0.138 e. The quantitative estimate of drug-likeness (QED) is 0.852. The maximum absolute atomic E-state index is 9.34. The van der Waals surface area contributed by atoms with Gasteiger partial charge in [0.2, 0.25) is 0 Å². The lowest BCUT2D eigenvalue weighted by molar-refractivity contribution is -0.128. The van der Waals surface area contributed by atoms with Crippen molar-refractivity contribution < 1.29 is 9.84 Å². The Balaban J connectivity index is 1.78. The van der Waals surface area contributed by atoms with Crippen LogP contribution in [0, 0.1) is 5.41 Å². The highest BCUT2D eigenvalue weighted by Gasteiger charge is 2.38. The summed E-state index contributed by atoms with van der Waals surface area (Å²) in [5, 5.41) is 15.7. The molecule has 0 atom stereocenters. The highest BCUT2D eigenvalue weighted by molar-refractivity contribution is 7.16. The molecule has 3 rings (SSSR count). The van der Waals surface area contributed by atoms with Crippen molar-refractivity contribution in [2.45, 2.75) is 0 Å². The van der Waals surface area contributed by atoms with Crippen molar-refractivity contribution in [1.29, 1.82) is 0 Å². The number of hydrogen-bond acceptors (Lipinski definition) is 6. The largest absolute Gasteiger partial charge is 0.396 e. The maximum Gasteiger partial charge on any atom is 0.138 e. The molecule has 1 saturated heterocycles. The molecule has 3 heterocycles. The van der Waals surface area contributed by atoms with Gasteiger partial charge >= 0.3 is 0 Å². The molecule has 1 aliphatic heterocycles. The topological polar surface area (TPSA) is 67.3 Å². The standard InChI is InChI=1S/C11H13N3O2S/c15-4-11(5-16-6-11)3-12-9-8-1-2-17-10(8)14-7-13-9/h1-2,7,15H,3-6H2,(H,12,13,14). The molecule has 2 aromatic heterocycles. The van der Waals surface area contributed by atoms with Gasteiger partial charge in [0.25, 0.3) is 0 Å². The summed E-state index contributed by atoms with van der Waals surface area (Å²) >= 11 is 1.60. The third-order valence-electron chi connectivity index (χ3n) is 3.04. The van der Waals surface area contributed by atoms with E-state index in [2.05, 4.69) is 15.3 Å². The van der Waals surface area contributed by atoms with Crippen LogP contribution in [0.2, 0.25) is 0 Å². The van der Waals surface area contributed by atoms with E-state index < -0.39 is 0 Å². The van der Waals surface area contributed by atoms with E-state index in [-0.39, 0.29) is 12.0 Å². The summed E-state index contributed by atoms with van der Waals surface area (Å²) in [6.07, 6.45) is 1.56. The SMILES string of the molecule is OCC1(CNc2ncnc3sccc23)COC1. The number of rotatable bonds is 4. The van der Waals surface area contributed by atoms with Gasteiger partial charge in [-0.3, -0.25) is 0 Å². The molecular weight excluding hydrogens is 238 g/mol. The first-order valence-corrected chi connectivity index (χ1v) is 6.32. The van der Waals surface area contributed by atoms with Crippen LogP contribution in [0.3, 0.4) is 0 Å². The minimum Gasteiger partial charge on any atom is -0.396 e.